The van der Waals surface area contributed by atoms with Gasteiger partial charge in [-0.1, -0.05) is 29.8 Å². The van der Waals surface area contributed by atoms with Crippen molar-refractivity contribution >= 4 is 27.3 Å². The zero-order valence-electron chi connectivity index (χ0n) is 18.3. The topological polar surface area (TPSA) is 101 Å². The second kappa shape index (κ2) is 9.88. The average molecular weight is 480 g/mol. The van der Waals surface area contributed by atoms with E-state index in [1.54, 1.807) is 66.7 Å². The van der Waals surface area contributed by atoms with E-state index in [-0.39, 0.29) is 23.6 Å². The zero-order valence-corrected chi connectivity index (χ0v) is 19.1. The van der Waals surface area contributed by atoms with Gasteiger partial charge in [0.2, 0.25) is 5.91 Å². The standard InChI is InChI=1S/C25H22FN3O4S/c1-17-6-12-20(13-7-17)34(31,32)29-19-10-8-18(9-11-19)28-24(30)14-15-25-27-16-23(33-25)21-4-2-3-5-22(21)26/h2-13,16,29H,14-15H2,1H3,(H,28,30). The first-order chi connectivity index (χ1) is 16.3. The number of carbonyl (C=O) groups is 1. The summed E-state index contributed by atoms with van der Waals surface area (Å²) in [5.74, 6) is -0.0439. The summed E-state index contributed by atoms with van der Waals surface area (Å²) in [6.07, 6.45) is 1.79. The van der Waals surface area contributed by atoms with Gasteiger partial charge in [-0.25, -0.2) is 17.8 Å². The minimum absolute atomic E-state index is 0.110. The molecule has 1 aromatic heterocycles. The summed E-state index contributed by atoms with van der Waals surface area (Å²) in [5.41, 5.74) is 2.16. The predicted molar refractivity (Wildman–Crippen MR) is 127 cm³/mol. The van der Waals surface area contributed by atoms with Gasteiger partial charge in [-0.05, 0) is 55.5 Å². The molecule has 2 N–H and O–H groups in total. The lowest BCUT2D eigenvalue weighted by Gasteiger charge is -2.10. The zero-order chi connectivity index (χ0) is 24.1. The molecule has 4 aromatic rings. The number of anilines is 2. The maximum atomic E-state index is 13.9. The van der Waals surface area contributed by atoms with Crippen LogP contribution in [0.25, 0.3) is 11.3 Å². The van der Waals surface area contributed by atoms with Crippen LogP contribution in [0.4, 0.5) is 15.8 Å². The number of benzene rings is 3. The fourth-order valence-corrected chi connectivity index (χ4v) is 4.27. The van der Waals surface area contributed by atoms with Crippen LogP contribution in [0.2, 0.25) is 0 Å². The van der Waals surface area contributed by atoms with Gasteiger partial charge in [-0.2, -0.15) is 0 Å². The van der Waals surface area contributed by atoms with E-state index in [0.29, 0.717) is 28.6 Å². The van der Waals surface area contributed by atoms with E-state index in [1.807, 2.05) is 6.92 Å². The van der Waals surface area contributed by atoms with Crippen molar-refractivity contribution in [1.82, 2.24) is 4.98 Å². The Labute approximate surface area is 196 Å². The summed E-state index contributed by atoms with van der Waals surface area (Å²) in [4.78, 5) is 16.6. The van der Waals surface area contributed by atoms with Crippen molar-refractivity contribution in [3.8, 4) is 11.3 Å². The highest BCUT2D eigenvalue weighted by Crippen LogP contribution is 2.24. The molecule has 0 radical (unpaired) electrons. The van der Waals surface area contributed by atoms with Crippen molar-refractivity contribution in [1.29, 1.82) is 0 Å². The average Bonchev–Trinajstić information content (AvgIpc) is 3.28. The van der Waals surface area contributed by atoms with Crippen LogP contribution < -0.4 is 10.0 Å². The van der Waals surface area contributed by atoms with Crippen molar-refractivity contribution in [2.75, 3.05) is 10.0 Å². The molecule has 0 saturated heterocycles. The molecule has 3 aromatic carbocycles. The molecule has 0 aliphatic carbocycles. The van der Waals surface area contributed by atoms with E-state index in [2.05, 4.69) is 15.0 Å². The lowest BCUT2D eigenvalue weighted by molar-refractivity contribution is -0.116. The molecule has 0 fully saturated rings. The van der Waals surface area contributed by atoms with Crippen molar-refractivity contribution in [3.63, 3.8) is 0 Å². The second-order valence-corrected chi connectivity index (χ2v) is 9.32. The third-order valence-corrected chi connectivity index (χ3v) is 6.41. The van der Waals surface area contributed by atoms with Gasteiger partial charge in [0, 0.05) is 24.2 Å². The molecule has 1 amide bonds. The van der Waals surface area contributed by atoms with Crippen LogP contribution in [-0.2, 0) is 21.2 Å². The van der Waals surface area contributed by atoms with Crippen LogP contribution in [0.3, 0.4) is 0 Å². The predicted octanol–water partition coefficient (Wildman–Crippen LogP) is 5.16. The van der Waals surface area contributed by atoms with Crippen molar-refractivity contribution in [2.24, 2.45) is 0 Å². The summed E-state index contributed by atoms with van der Waals surface area (Å²) in [6.45, 7) is 1.88. The Morgan fingerprint density at radius 1 is 0.971 bits per heavy atom. The molecule has 4 rings (SSSR count). The second-order valence-electron chi connectivity index (χ2n) is 7.64. The fraction of sp³-hybridized carbons (Fsp3) is 0.120. The lowest BCUT2D eigenvalue weighted by atomic mass is 10.2. The Bertz CT molecular complexity index is 1400. The Morgan fingerprint density at radius 3 is 2.35 bits per heavy atom. The fourth-order valence-electron chi connectivity index (χ4n) is 3.21. The summed E-state index contributed by atoms with van der Waals surface area (Å²) in [6, 6.07) is 19.1. The molecule has 0 aliphatic heterocycles. The molecule has 34 heavy (non-hydrogen) atoms. The third-order valence-electron chi connectivity index (χ3n) is 5.01. The first-order valence-electron chi connectivity index (χ1n) is 10.5. The quantitative estimate of drug-likeness (QED) is 0.363. The van der Waals surface area contributed by atoms with Crippen LogP contribution in [0.5, 0.6) is 0 Å². The number of hydrogen-bond donors (Lipinski definition) is 2. The highest BCUT2D eigenvalue weighted by molar-refractivity contribution is 7.92. The molecule has 0 bridgehead atoms. The molecule has 9 heteroatoms. The van der Waals surface area contributed by atoms with Crippen LogP contribution in [-0.4, -0.2) is 19.3 Å². The highest BCUT2D eigenvalue weighted by Gasteiger charge is 2.14. The van der Waals surface area contributed by atoms with Crippen molar-refractivity contribution in [2.45, 2.75) is 24.7 Å². The van der Waals surface area contributed by atoms with Crippen LogP contribution >= 0.6 is 0 Å². The minimum Gasteiger partial charge on any atom is -0.441 e. The summed E-state index contributed by atoms with van der Waals surface area (Å²) >= 11 is 0. The number of carbonyl (C=O) groups excluding carboxylic acids is 1. The molecule has 7 nitrogen and oxygen atoms in total. The molecule has 0 saturated carbocycles. The smallest absolute Gasteiger partial charge is 0.261 e. The molecular formula is C25H22FN3O4S. The maximum Gasteiger partial charge on any atom is 0.261 e. The van der Waals surface area contributed by atoms with E-state index in [1.165, 1.54) is 12.3 Å². The van der Waals surface area contributed by atoms with E-state index in [9.17, 15) is 17.6 Å². The van der Waals surface area contributed by atoms with E-state index < -0.39 is 15.8 Å². The summed E-state index contributed by atoms with van der Waals surface area (Å²) < 4.78 is 46.9. The number of aryl methyl sites for hydroxylation is 2. The first-order valence-corrected chi connectivity index (χ1v) is 12.0. The molecule has 174 valence electrons. The number of sulfonamides is 1. The van der Waals surface area contributed by atoms with Crippen molar-refractivity contribution < 1.29 is 22.0 Å². The van der Waals surface area contributed by atoms with E-state index >= 15 is 0 Å². The monoisotopic (exact) mass is 479 g/mol. The number of oxazole rings is 1. The van der Waals surface area contributed by atoms with Gasteiger partial charge in [-0.3, -0.25) is 9.52 Å². The highest BCUT2D eigenvalue weighted by atomic mass is 32.2. The summed E-state index contributed by atoms with van der Waals surface area (Å²) in [5, 5.41) is 2.74. The molecular weight excluding hydrogens is 457 g/mol. The number of aromatic nitrogens is 1. The van der Waals surface area contributed by atoms with Gasteiger partial charge in [0.15, 0.2) is 11.7 Å². The van der Waals surface area contributed by atoms with Gasteiger partial charge in [0.05, 0.1) is 16.7 Å². The first kappa shape index (κ1) is 23.2. The molecule has 0 aliphatic rings. The van der Waals surface area contributed by atoms with Gasteiger partial charge >= 0.3 is 0 Å². The number of amides is 1. The van der Waals surface area contributed by atoms with Crippen LogP contribution in [0.1, 0.15) is 17.9 Å². The van der Waals surface area contributed by atoms with E-state index in [0.717, 1.165) is 5.56 Å². The lowest BCUT2D eigenvalue weighted by Crippen LogP contribution is -2.14. The number of rotatable bonds is 8. The third kappa shape index (κ3) is 5.68. The van der Waals surface area contributed by atoms with Crippen LogP contribution in [0.15, 0.2) is 88.3 Å². The molecule has 0 spiro atoms. The number of halogens is 1. The van der Waals surface area contributed by atoms with Gasteiger partial charge in [0.1, 0.15) is 5.82 Å². The molecule has 0 atom stereocenters. The Hall–Kier alpha value is -3.98. The number of nitrogens with zero attached hydrogens (tertiary/aromatic N) is 1. The maximum absolute atomic E-state index is 13.9. The minimum atomic E-state index is -3.70. The molecule has 0 unspecified atom stereocenters. The van der Waals surface area contributed by atoms with Gasteiger partial charge < -0.3 is 9.73 Å². The van der Waals surface area contributed by atoms with Gasteiger partial charge in [-0.15, -0.1) is 0 Å². The SMILES string of the molecule is Cc1ccc(S(=O)(=O)Nc2ccc(NC(=O)CCc3ncc(-c4ccccc4F)o3)cc2)cc1. The Kier molecular flexibility index (Phi) is 6.74. The number of nitrogens with one attached hydrogen (secondary N) is 2. The molecule has 1 heterocycles. The normalized spacial score (nSPS) is 11.2. The van der Waals surface area contributed by atoms with Gasteiger partial charge in [0.25, 0.3) is 10.0 Å². The van der Waals surface area contributed by atoms with E-state index in [4.69, 9.17) is 4.42 Å². The number of hydrogen-bond acceptors (Lipinski definition) is 5. The largest absolute Gasteiger partial charge is 0.441 e. The Balaban J connectivity index is 1.31. The Morgan fingerprint density at radius 2 is 1.65 bits per heavy atom. The van der Waals surface area contributed by atoms with Crippen molar-refractivity contribution in [3.05, 3.63) is 96.3 Å². The van der Waals surface area contributed by atoms with Crippen LogP contribution in [0, 0.1) is 12.7 Å². The summed E-state index contributed by atoms with van der Waals surface area (Å²) in [7, 11) is -3.70.